The topological polar surface area (TPSA) is 34.5 Å². The molecule has 0 bridgehead atoms. The molecule has 0 atom stereocenters. The minimum atomic E-state index is 0.0936. The largest absolute Gasteiger partial charge is 0.385 e. The van der Waals surface area contributed by atoms with E-state index in [9.17, 15) is 4.79 Å². The summed E-state index contributed by atoms with van der Waals surface area (Å²) in [4.78, 5) is 14.2. The second-order valence-corrected chi connectivity index (χ2v) is 5.32. The predicted octanol–water partition coefficient (Wildman–Crippen LogP) is 2.79. The number of methoxy groups -OCH3 is 1. The van der Waals surface area contributed by atoms with Gasteiger partial charge in [0.25, 0.3) is 5.91 Å². The highest BCUT2D eigenvalue weighted by molar-refractivity contribution is 5.95. The second kappa shape index (κ2) is 6.75. The van der Waals surface area contributed by atoms with Crippen LogP contribution in [0, 0.1) is 13.8 Å². The summed E-state index contributed by atoms with van der Waals surface area (Å²) in [5, 5.41) is 0. The second-order valence-electron chi connectivity index (χ2n) is 5.32. The lowest BCUT2D eigenvalue weighted by Gasteiger charge is -2.18. The maximum atomic E-state index is 12.4. The van der Waals surface area contributed by atoms with E-state index >= 15 is 0 Å². The van der Waals surface area contributed by atoms with Gasteiger partial charge in [-0.15, -0.1) is 0 Å². The molecule has 4 heteroatoms. The molecule has 0 aliphatic heterocycles. The first kappa shape index (κ1) is 15.8. The Kier molecular flexibility index (Phi) is 5.60. The zero-order valence-corrected chi connectivity index (χ0v) is 13.0. The Morgan fingerprint density at radius 2 is 2.05 bits per heavy atom. The molecule has 19 heavy (non-hydrogen) atoms. The molecule has 0 aromatic carbocycles. The van der Waals surface area contributed by atoms with Crippen LogP contribution >= 0.6 is 0 Å². The predicted molar refractivity (Wildman–Crippen MR) is 77.7 cm³/mol. The van der Waals surface area contributed by atoms with Crippen LogP contribution in [0.3, 0.4) is 0 Å². The van der Waals surface area contributed by atoms with Gasteiger partial charge in [-0.05, 0) is 40.2 Å². The molecule has 0 fully saturated rings. The van der Waals surface area contributed by atoms with Crippen LogP contribution in [0.15, 0.2) is 6.07 Å². The van der Waals surface area contributed by atoms with Gasteiger partial charge in [0.05, 0.1) is 5.56 Å². The Labute approximate surface area is 116 Å². The van der Waals surface area contributed by atoms with Gasteiger partial charge in [-0.3, -0.25) is 4.79 Å². The van der Waals surface area contributed by atoms with Crippen molar-refractivity contribution in [1.29, 1.82) is 0 Å². The van der Waals surface area contributed by atoms with Crippen LogP contribution in [-0.4, -0.2) is 42.7 Å². The van der Waals surface area contributed by atoms with E-state index in [0.29, 0.717) is 12.6 Å². The van der Waals surface area contributed by atoms with Gasteiger partial charge in [0, 0.05) is 44.7 Å². The van der Waals surface area contributed by atoms with Crippen molar-refractivity contribution in [2.24, 2.45) is 0 Å². The molecule has 0 spiro atoms. The molecule has 0 aliphatic rings. The normalized spacial score (nSPS) is 11.1. The molecule has 1 aromatic rings. The summed E-state index contributed by atoms with van der Waals surface area (Å²) in [6.45, 7) is 9.74. The van der Waals surface area contributed by atoms with Gasteiger partial charge in [0.1, 0.15) is 0 Å². The highest BCUT2D eigenvalue weighted by atomic mass is 16.5. The van der Waals surface area contributed by atoms with Crippen LogP contribution in [-0.2, 0) is 4.74 Å². The van der Waals surface area contributed by atoms with Gasteiger partial charge < -0.3 is 14.2 Å². The summed E-state index contributed by atoms with van der Waals surface area (Å²) in [6.07, 6.45) is 0.863. The van der Waals surface area contributed by atoms with E-state index in [1.54, 1.807) is 12.0 Å². The maximum Gasteiger partial charge on any atom is 0.255 e. The number of nitrogens with zero attached hydrogens (tertiary/aromatic N) is 2. The number of rotatable bonds is 6. The number of aryl methyl sites for hydroxylation is 1. The van der Waals surface area contributed by atoms with Gasteiger partial charge in [0.15, 0.2) is 0 Å². The molecule has 1 amide bonds. The van der Waals surface area contributed by atoms with Gasteiger partial charge in [-0.25, -0.2) is 0 Å². The zero-order chi connectivity index (χ0) is 14.6. The summed E-state index contributed by atoms with van der Waals surface area (Å²) in [5.41, 5.74) is 3.00. The molecular weight excluding hydrogens is 240 g/mol. The van der Waals surface area contributed by atoms with Crippen LogP contribution in [0.2, 0.25) is 0 Å². The fourth-order valence-electron chi connectivity index (χ4n) is 2.54. The molecule has 1 aromatic heterocycles. The fourth-order valence-corrected chi connectivity index (χ4v) is 2.54. The third-order valence-electron chi connectivity index (χ3n) is 3.42. The molecule has 1 heterocycles. The monoisotopic (exact) mass is 266 g/mol. The zero-order valence-electron chi connectivity index (χ0n) is 13.0. The van der Waals surface area contributed by atoms with Crippen molar-refractivity contribution in [2.45, 2.75) is 40.2 Å². The van der Waals surface area contributed by atoms with E-state index in [-0.39, 0.29) is 5.91 Å². The third-order valence-corrected chi connectivity index (χ3v) is 3.42. The van der Waals surface area contributed by atoms with Crippen LogP contribution in [0.4, 0.5) is 0 Å². The van der Waals surface area contributed by atoms with Crippen molar-refractivity contribution in [3.8, 4) is 0 Å². The molecule has 0 aliphatic carbocycles. The van der Waals surface area contributed by atoms with Crippen LogP contribution < -0.4 is 0 Å². The Morgan fingerprint density at radius 3 is 2.53 bits per heavy atom. The summed E-state index contributed by atoms with van der Waals surface area (Å²) in [5.74, 6) is 0.0936. The van der Waals surface area contributed by atoms with Crippen molar-refractivity contribution in [1.82, 2.24) is 9.47 Å². The molecule has 4 nitrogen and oxygen atoms in total. The summed E-state index contributed by atoms with van der Waals surface area (Å²) >= 11 is 0. The molecule has 0 saturated carbocycles. The summed E-state index contributed by atoms with van der Waals surface area (Å²) < 4.78 is 7.22. The molecule has 0 unspecified atom stereocenters. The number of hydrogen-bond donors (Lipinski definition) is 0. The van der Waals surface area contributed by atoms with Crippen LogP contribution in [0.1, 0.15) is 48.1 Å². The van der Waals surface area contributed by atoms with E-state index in [1.807, 2.05) is 20.0 Å². The van der Waals surface area contributed by atoms with Crippen molar-refractivity contribution >= 4 is 5.91 Å². The smallest absolute Gasteiger partial charge is 0.255 e. The van der Waals surface area contributed by atoms with E-state index < -0.39 is 0 Å². The highest BCUT2D eigenvalue weighted by Crippen LogP contribution is 2.21. The van der Waals surface area contributed by atoms with Crippen LogP contribution in [0.25, 0.3) is 0 Å². The third kappa shape index (κ3) is 3.60. The SMILES string of the molecule is COCCCN(C)C(=O)c1cc(C)n(C(C)C)c1C. The first-order valence-corrected chi connectivity index (χ1v) is 6.83. The standard InChI is InChI=1S/C15H26N2O2/c1-11(2)17-12(3)10-14(13(17)4)15(18)16(5)8-7-9-19-6/h10-11H,7-9H2,1-6H3. The number of carbonyl (C=O) groups excluding carboxylic acids is 1. The Hall–Kier alpha value is -1.29. The van der Waals surface area contributed by atoms with E-state index in [4.69, 9.17) is 4.74 Å². The Balaban J connectivity index is 2.85. The van der Waals surface area contributed by atoms with E-state index in [2.05, 4.69) is 25.3 Å². The quantitative estimate of drug-likeness (QED) is 0.742. The van der Waals surface area contributed by atoms with Crippen LogP contribution in [0.5, 0.6) is 0 Å². The lowest BCUT2D eigenvalue weighted by atomic mass is 10.2. The Bertz CT molecular complexity index is 436. The van der Waals surface area contributed by atoms with E-state index in [0.717, 1.165) is 29.9 Å². The van der Waals surface area contributed by atoms with Crippen molar-refractivity contribution in [3.05, 3.63) is 23.0 Å². The number of aromatic nitrogens is 1. The lowest BCUT2D eigenvalue weighted by molar-refractivity contribution is 0.0778. The number of hydrogen-bond acceptors (Lipinski definition) is 2. The van der Waals surface area contributed by atoms with Gasteiger partial charge in [0.2, 0.25) is 0 Å². The van der Waals surface area contributed by atoms with E-state index in [1.165, 1.54) is 0 Å². The molecule has 0 saturated heterocycles. The van der Waals surface area contributed by atoms with Crippen molar-refractivity contribution in [2.75, 3.05) is 27.3 Å². The first-order chi connectivity index (χ1) is 8.90. The average Bonchev–Trinajstić information content (AvgIpc) is 2.63. The minimum Gasteiger partial charge on any atom is -0.385 e. The lowest BCUT2D eigenvalue weighted by Crippen LogP contribution is -2.28. The van der Waals surface area contributed by atoms with Gasteiger partial charge >= 0.3 is 0 Å². The molecular formula is C15H26N2O2. The fraction of sp³-hybridized carbons (Fsp3) is 0.667. The molecule has 1 rings (SSSR count). The average molecular weight is 266 g/mol. The molecule has 0 radical (unpaired) electrons. The highest BCUT2D eigenvalue weighted by Gasteiger charge is 2.19. The summed E-state index contributed by atoms with van der Waals surface area (Å²) in [6, 6.07) is 2.37. The Morgan fingerprint density at radius 1 is 1.42 bits per heavy atom. The minimum absolute atomic E-state index is 0.0936. The number of ether oxygens (including phenoxy) is 1. The van der Waals surface area contributed by atoms with Gasteiger partial charge in [-0.1, -0.05) is 0 Å². The number of carbonyl (C=O) groups is 1. The van der Waals surface area contributed by atoms with Crippen molar-refractivity contribution < 1.29 is 9.53 Å². The maximum absolute atomic E-state index is 12.4. The van der Waals surface area contributed by atoms with Gasteiger partial charge in [-0.2, -0.15) is 0 Å². The summed E-state index contributed by atoms with van der Waals surface area (Å²) in [7, 11) is 3.53. The molecule has 108 valence electrons. The number of amides is 1. The van der Waals surface area contributed by atoms with Crippen molar-refractivity contribution in [3.63, 3.8) is 0 Å². The molecule has 0 N–H and O–H groups in total. The first-order valence-electron chi connectivity index (χ1n) is 6.83.